The molecule has 2 aliphatic rings. The van der Waals surface area contributed by atoms with Crippen LogP contribution in [0.4, 0.5) is 0 Å². The summed E-state index contributed by atoms with van der Waals surface area (Å²) in [6.07, 6.45) is -3.86. The van der Waals surface area contributed by atoms with E-state index in [9.17, 15) is 5.11 Å². The van der Waals surface area contributed by atoms with Crippen molar-refractivity contribution in [2.75, 3.05) is 13.7 Å². The Balaban J connectivity index is 1.59. The summed E-state index contributed by atoms with van der Waals surface area (Å²) in [5.74, 6) is 0.785. The molecular weight excluding hydrogens is 464 g/mol. The summed E-state index contributed by atoms with van der Waals surface area (Å²) in [7, 11) is -0.615. The number of hydrogen-bond donors (Lipinski definition) is 1. The van der Waals surface area contributed by atoms with Crippen molar-refractivity contribution < 1.29 is 33.2 Å². The van der Waals surface area contributed by atoms with E-state index in [-0.39, 0.29) is 11.6 Å². The Morgan fingerprint density at radius 2 is 1.66 bits per heavy atom. The number of aliphatic hydroxyl groups excluding tert-OH is 1. The lowest BCUT2D eigenvalue weighted by Crippen LogP contribution is -2.65. The molecule has 0 aromatic heterocycles. The highest BCUT2D eigenvalue weighted by molar-refractivity contribution is 6.74. The number of ether oxygens (including phenoxy) is 5. The van der Waals surface area contributed by atoms with Crippen molar-refractivity contribution in [2.45, 2.75) is 82.5 Å². The van der Waals surface area contributed by atoms with E-state index in [1.165, 1.54) is 0 Å². The fraction of sp³-hybridized carbons (Fsp3) is 0.556. The van der Waals surface area contributed by atoms with Gasteiger partial charge < -0.3 is 33.2 Å². The van der Waals surface area contributed by atoms with Crippen LogP contribution in [0.2, 0.25) is 18.1 Å². The number of aliphatic hydroxyl groups is 1. The molecule has 0 bridgehead atoms. The van der Waals surface area contributed by atoms with Crippen molar-refractivity contribution in [1.82, 2.24) is 0 Å². The van der Waals surface area contributed by atoms with Gasteiger partial charge in [-0.15, -0.1) is 0 Å². The molecule has 2 heterocycles. The minimum Gasteiger partial charge on any atom is -0.497 e. The molecule has 0 spiro atoms. The van der Waals surface area contributed by atoms with Gasteiger partial charge in [0.05, 0.1) is 20.3 Å². The van der Waals surface area contributed by atoms with Crippen LogP contribution < -0.4 is 4.74 Å². The molecule has 0 radical (unpaired) electrons. The minimum absolute atomic E-state index is 0.0484. The number of rotatable bonds is 7. The molecule has 35 heavy (non-hydrogen) atoms. The Hall–Kier alpha value is -1.78. The molecule has 0 amide bonds. The third kappa shape index (κ3) is 5.97. The van der Waals surface area contributed by atoms with Gasteiger partial charge in [0.1, 0.15) is 30.2 Å². The maximum atomic E-state index is 11.0. The maximum Gasteiger partial charge on any atom is 0.192 e. The van der Waals surface area contributed by atoms with Crippen molar-refractivity contribution in [3.63, 3.8) is 0 Å². The monoisotopic (exact) mass is 502 g/mol. The molecule has 1 N–H and O–H groups in total. The van der Waals surface area contributed by atoms with Gasteiger partial charge in [-0.05, 0) is 35.8 Å². The normalized spacial score (nSPS) is 29.5. The third-order valence-electron chi connectivity index (χ3n) is 7.21. The minimum atomic E-state index is -2.26. The summed E-state index contributed by atoms with van der Waals surface area (Å²) in [6.45, 7) is 11.4. The van der Waals surface area contributed by atoms with E-state index in [0.29, 0.717) is 6.61 Å². The van der Waals surface area contributed by atoms with Crippen LogP contribution in [-0.4, -0.2) is 57.8 Å². The first-order valence-corrected chi connectivity index (χ1v) is 15.1. The van der Waals surface area contributed by atoms with Gasteiger partial charge in [-0.2, -0.15) is 0 Å². The Labute approximate surface area is 209 Å². The van der Waals surface area contributed by atoms with Crippen molar-refractivity contribution in [3.05, 3.63) is 65.7 Å². The van der Waals surface area contributed by atoms with E-state index < -0.39 is 45.3 Å². The van der Waals surface area contributed by atoms with E-state index in [4.69, 9.17) is 28.1 Å². The largest absolute Gasteiger partial charge is 0.497 e. The van der Waals surface area contributed by atoms with Gasteiger partial charge >= 0.3 is 0 Å². The fourth-order valence-corrected chi connectivity index (χ4v) is 5.37. The van der Waals surface area contributed by atoms with Crippen LogP contribution in [0.1, 0.15) is 38.2 Å². The molecule has 1 unspecified atom stereocenters. The zero-order valence-electron chi connectivity index (χ0n) is 21.5. The maximum absolute atomic E-state index is 11.0. The highest BCUT2D eigenvalue weighted by Gasteiger charge is 2.53. The third-order valence-corrected chi connectivity index (χ3v) is 11.7. The second kappa shape index (κ2) is 10.7. The Bertz CT molecular complexity index is 944. The number of methoxy groups -OCH3 is 1. The van der Waals surface area contributed by atoms with Gasteiger partial charge in [0, 0.05) is 5.56 Å². The zero-order valence-corrected chi connectivity index (χ0v) is 22.5. The lowest BCUT2D eigenvalue weighted by Gasteiger charge is -2.50. The standard InChI is InChI=1S/C27H38O7Si/c1-27(2,3)35(5,6)34-24-23(30-16-18-12-14-20(29-4)15-13-18)22-21(32-25(24)28)17-31-26(33-22)19-10-8-7-9-11-19/h7-15,21-26,28H,16-17H2,1-6H3/t21-,22-,23+,24+,25+,26?/m1/s1. The predicted molar refractivity (Wildman–Crippen MR) is 135 cm³/mol. The molecule has 192 valence electrons. The fourth-order valence-electron chi connectivity index (χ4n) is 4.09. The van der Waals surface area contributed by atoms with E-state index >= 15 is 0 Å². The number of fused-ring (bicyclic) bond motifs is 1. The topological polar surface area (TPSA) is 75.6 Å². The highest BCUT2D eigenvalue weighted by Crippen LogP contribution is 2.42. The Morgan fingerprint density at radius 3 is 2.29 bits per heavy atom. The van der Waals surface area contributed by atoms with Crippen LogP contribution in [-0.2, 0) is 30.0 Å². The lowest BCUT2D eigenvalue weighted by atomic mass is 9.97. The van der Waals surface area contributed by atoms with Gasteiger partial charge in [-0.3, -0.25) is 0 Å². The Kier molecular flexibility index (Phi) is 8.02. The van der Waals surface area contributed by atoms with Crippen LogP contribution in [0.3, 0.4) is 0 Å². The molecule has 2 fully saturated rings. The second-order valence-corrected chi connectivity index (χ2v) is 15.5. The molecule has 2 saturated heterocycles. The molecular formula is C27H38O7Si. The van der Waals surface area contributed by atoms with E-state index in [2.05, 4.69) is 33.9 Å². The molecule has 0 aliphatic carbocycles. The molecule has 2 aromatic carbocycles. The average Bonchev–Trinajstić information content (AvgIpc) is 2.84. The van der Waals surface area contributed by atoms with Gasteiger partial charge in [-0.1, -0.05) is 63.2 Å². The van der Waals surface area contributed by atoms with Crippen LogP contribution in [0.15, 0.2) is 54.6 Å². The van der Waals surface area contributed by atoms with Crippen molar-refractivity contribution in [2.24, 2.45) is 0 Å². The molecule has 2 aliphatic heterocycles. The first-order chi connectivity index (χ1) is 16.6. The molecule has 0 saturated carbocycles. The van der Waals surface area contributed by atoms with Crippen LogP contribution in [0.5, 0.6) is 5.75 Å². The predicted octanol–water partition coefficient (Wildman–Crippen LogP) is 4.80. The summed E-state index contributed by atoms with van der Waals surface area (Å²) < 4.78 is 36.8. The van der Waals surface area contributed by atoms with Crippen molar-refractivity contribution in [3.8, 4) is 5.75 Å². The number of hydrogen-bond acceptors (Lipinski definition) is 7. The molecule has 2 aromatic rings. The van der Waals surface area contributed by atoms with Gasteiger partial charge in [0.15, 0.2) is 20.9 Å². The first kappa shape index (κ1) is 26.3. The summed E-state index contributed by atoms with van der Waals surface area (Å²) in [5, 5.41) is 11.0. The van der Waals surface area contributed by atoms with Crippen LogP contribution in [0.25, 0.3) is 0 Å². The quantitative estimate of drug-likeness (QED) is 0.545. The van der Waals surface area contributed by atoms with Crippen LogP contribution >= 0.6 is 0 Å². The average molecular weight is 503 g/mol. The summed E-state index contributed by atoms with van der Waals surface area (Å²) >= 11 is 0. The SMILES string of the molecule is COc1ccc(CO[C@@H]2[C@H](O[Si](C)(C)C(C)(C)C)[C@@H](O)O[C@@H]3COC(c4ccccc4)O[C@@H]23)cc1. The summed E-state index contributed by atoms with van der Waals surface area (Å²) in [5.41, 5.74) is 1.91. The summed E-state index contributed by atoms with van der Waals surface area (Å²) in [6, 6.07) is 17.5. The van der Waals surface area contributed by atoms with E-state index in [1.807, 2.05) is 54.6 Å². The van der Waals surface area contributed by atoms with Gasteiger partial charge in [0.25, 0.3) is 0 Å². The second-order valence-electron chi connectivity index (χ2n) is 10.7. The molecule has 4 rings (SSSR count). The van der Waals surface area contributed by atoms with E-state index in [1.54, 1.807) is 7.11 Å². The van der Waals surface area contributed by atoms with E-state index in [0.717, 1.165) is 16.9 Å². The molecule has 8 heteroatoms. The lowest BCUT2D eigenvalue weighted by molar-refractivity contribution is -0.358. The van der Waals surface area contributed by atoms with Crippen molar-refractivity contribution in [1.29, 1.82) is 0 Å². The Morgan fingerprint density at radius 1 is 0.971 bits per heavy atom. The van der Waals surface area contributed by atoms with Gasteiger partial charge in [-0.25, -0.2) is 0 Å². The molecule has 6 atom stereocenters. The van der Waals surface area contributed by atoms with Crippen LogP contribution in [0, 0.1) is 0 Å². The van der Waals surface area contributed by atoms with Gasteiger partial charge in [0.2, 0.25) is 0 Å². The highest BCUT2D eigenvalue weighted by atomic mass is 28.4. The molecule has 7 nitrogen and oxygen atoms in total. The van der Waals surface area contributed by atoms with Crippen molar-refractivity contribution >= 4 is 8.32 Å². The zero-order chi connectivity index (χ0) is 25.2. The first-order valence-electron chi connectivity index (χ1n) is 12.2. The smallest absolute Gasteiger partial charge is 0.192 e. The summed E-state index contributed by atoms with van der Waals surface area (Å²) in [4.78, 5) is 0. The number of benzene rings is 2.